The van der Waals surface area contributed by atoms with Gasteiger partial charge in [-0.05, 0) is 49.6 Å². The summed E-state index contributed by atoms with van der Waals surface area (Å²) >= 11 is 0. The van der Waals surface area contributed by atoms with Crippen LogP contribution in [0.2, 0.25) is 0 Å². The maximum atomic E-state index is 13.9. The lowest BCUT2D eigenvalue weighted by molar-refractivity contribution is -0.139. The number of aromatic amines is 1. The Morgan fingerprint density at radius 2 is 1.55 bits per heavy atom. The third-order valence-corrected chi connectivity index (χ3v) is 8.54. The Labute approximate surface area is 310 Å². The fraction of sp³-hybridized carbons (Fsp3) is 0.314. The van der Waals surface area contributed by atoms with Crippen LogP contribution in [0.1, 0.15) is 27.8 Å². The minimum absolute atomic E-state index is 0. The number of amides is 2. The topological polar surface area (TPSA) is 160 Å². The van der Waals surface area contributed by atoms with E-state index in [1.807, 2.05) is 11.4 Å². The maximum absolute atomic E-state index is 13.9. The molecule has 0 saturated carbocycles. The Kier molecular flexibility index (Phi) is 11.2. The van der Waals surface area contributed by atoms with Crippen molar-refractivity contribution >= 4 is 39.7 Å². The number of halogens is 7. The van der Waals surface area contributed by atoms with Crippen LogP contribution >= 0.6 is 0 Å². The number of fused-ring (bicyclic) bond motifs is 2. The fourth-order valence-corrected chi connectivity index (χ4v) is 6.01. The van der Waals surface area contributed by atoms with Crippen molar-refractivity contribution in [1.29, 1.82) is 0 Å². The Morgan fingerprint density at radius 1 is 0.855 bits per heavy atom. The van der Waals surface area contributed by atoms with E-state index < -0.39 is 55.5 Å². The molecule has 292 valence electrons. The number of nitrogens with one attached hydrogen (secondary N) is 3. The maximum Gasteiger partial charge on any atom is 0.405 e. The van der Waals surface area contributed by atoms with Crippen LogP contribution in [-0.2, 0) is 23.1 Å². The molecule has 0 aromatic carbocycles. The molecule has 1 saturated heterocycles. The molecule has 6 aromatic rings. The molecule has 3 N–H and O–H groups in total. The van der Waals surface area contributed by atoms with Crippen LogP contribution in [0.3, 0.4) is 0 Å². The molecule has 2 amide bonds. The molecule has 0 radical (unpaired) electrons. The standard InChI is InChI=1S/C19H19F3N6O.C16H13F4N5O.2H2/c20-19(21,22)11-26-18(29)14-3-1-2-10-28(14)15-6-9-25-17(27-15)13-5-8-24-16-12(13)4-7-23-16;1-25-5-3-10-9(2-4-21-15(10)25)14-22-7-11(17)12(24-14)6-13(26)23-8-16(18,19)20;;/h4-9,14H,1-3,10-11H2,(H,23,24)(H,26,29);2-5,7H,6,8H2,1H3,(H,23,26);2*1H/t14-;;;/m1.../s1. The van der Waals surface area contributed by atoms with Crippen molar-refractivity contribution < 1.29 is 43.2 Å². The van der Waals surface area contributed by atoms with Gasteiger partial charge in [0.1, 0.15) is 36.2 Å². The number of anilines is 1. The van der Waals surface area contributed by atoms with Crippen LogP contribution in [0.5, 0.6) is 0 Å². The molecule has 7 rings (SSSR count). The zero-order valence-corrected chi connectivity index (χ0v) is 28.9. The van der Waals surface area contributed by atoms with E-state index >= 15 is 0 Å². The number of carbonyl (C=O) groups excluding carboxylic acids is 2. The molecule has 55 heavy (non-hydrogen) atoms. The van der Waals surface area contributed by atoms with Gasteiger partial charge in [0.2, 0.25) is 11.8 Å². The average molecular weight is 776 g/mol. The van der Waals surface area contributed by atoms with E-state index in [1.165, 1.54) is 0 Å². The zero-order chi connectivity index (χ0) is 39.3. The van der Waals surface area contributed by atoms with Gasteiger partial charge in [0.05, 0.1) is 18.3 Å². The summed E-state index contributed by atoms with van der Waals surface area (Å²) in [5, 5.41) is 5.28. The highest BCUT2D eigenvalue weighted by Crippen LogP contribution is 2.29. The molecule has 1 aliphatic heterocycles. The van der Waals surface area contributed by atoms with Gasteiger partial charge in [-0.3, -0.25) is 9.59 Å². The van der Waals surface area contributed by atoms with Gasteiger partial charge in [-0.25, -0.2) is 34.3 Å². The molecular weight excluding hydrogens is 739 g/mol. The van der Waals surface area contributed by atoms with Crippen molar-refractivity contribution in [2.45, 2.75) is 44.1 Å². The molecule has 0 aliphatic carbocycles. The molecule has 1 fully saturated rings. The van der Waals surface area contributed by atoms with E-state index in [4.69, 9.17) is 0 Å². The average Bonchev–Trinajstić information content (AvgIpc) is 3.80. The van der Waals surface area contributed by atoms with E-state index in [9.17, 15) is 40.3 Å². The zero-order valence-electron chi connectivity index (χ0n) is 28.9. The first-order valence-corrected chi connectivity index (χ1v) is 16.8. The van der Waals surface area contributed by atoms with Crippen molar-refractivity contribution in [2.75, 3.05) is 24.5 Å². The summed E-state index contributed by atoms with van der Waals surface area (Å²) in [6, 6.07) is 8.09. The summed E-state index contributed by atoms with van der Waals surface area (Å²) in [5.74, 6) is -1.35. The third-order valence-electron chi connectivity index (χ3n) is 8.54. The van der Waals surface area contributed by atoms with Crippen LogP contribution in [0.15, 0.2) is 67.5 Å². The Morgan fingerprint density at radius 3 is 2.31 bits per heavy atom. The summed E-state index contributed by atoms with van der Waals surface area (Å²) in [5.41, 5.74) is 2.45. The molecular formula is C35H36F7N11O2. The summed E-state index contributed by atoms with van der Waals surface area (Å²) in [7, 11) is 1.81. The van der Waals surface area contributed by atoms with Crippen LogP contribution in [0.4, 0.5) is 36.6 Å². The number of piperidine rings is 1. The third kappa shape index (κ3) is 9.48. The first-order valence-electron chi connectivity index (χ1n) is 16.8. The van der Waals surface area contributed by atoms with Crippen LogP contribution in [0, 0.1) is 5.82 Å². The van der Waals surface area contributed by atoms with Crippen LogP contribution < -0.4 is 15.5 Å². The summed E-state index contributed by atoms with van der Waals surface area (Å²) in [6.07, 6.45) is 1.71. The summed E-state index contributed by atoms with van der Waals surface area (Å²) < 4.78 is 89.6. The number of hydrogen-bond donors (Lipinski definition) is 3. The second kappa shape index (κ2) is 16.0. The monoisotopic (exact) mass is 775 g/mol. The van der Waals surface area contributed by atoms with Crippen molar-refractivity contribution in [3.8, 4) is 22.8 Å². The number of aromatic nitrogens is 8. The van der Waals surface area contributed by atoms with Crippen LogP contribution in [0.25, 0.3) is 44.8 Å². The second-order valence-electron chi connectivity index (χ2n) is 12.5. The van der Waals surface area contributed by atoms with Gasteiger partial charge in [-0.1, -0.05) is 0 Å². The molecule has 13 nitrogen and oxygen atoms in total. The number of carbonyl (C=O) groups is 2. The van der Waals surface area contributed by atoms with Crippen molar-refractivity contribution in [3.05, 3.63) is 79.0 Å². The summed E-state index contributed by atoms with van der Waals surface area (Å²) in [4.78, 5) is 54.2. The Bertz CT molecular complexity index is 2320. The predicted molar refractivity (Wildman–Crippen MR) is 190 cm³/mol. The largest absolute Gasteiger partial charge is 0.405 e. The second-order valence-corrected chi connectivity index (χ2v) is 12.5. The number of hydrogen-bond acceptors (Lipinski definition) is 9. The number of rotatable bonds is 8. The van der Waals surface area contributed by atoms with Gasteiger partial charge in [0, 0.05) is 69.3 Å². The Balaban J connectivity index is 0.000000246. The van der Waals surface area contributed by atoms with E-state index in [1.54, 1.807) is 77.1 Å². The minimum atomic E-state index is -4.54. The highest BCUT2D eigenvalue weighted by molar-refractivity contribution is 5.92. The van der Waals surface area contributed by atoms with E-state index in [2.05, 4.69) is 34.9 Å². The molecule has 7 heterocycles. The number of alkyl halides is 6. The molecule has 0 bridgehead atoms. The SMILES string of the molecule is Cn1ccc2c(-c3ncc(F)c(CC(=O)NCC(F)(F)F)n3)ccnc21.O=C(NCC(F)(F)F)[C@H]1CCCCN1c1ccnc(-c2ccnc3[nH]ccc23)n1.[HH].[HH]. The number of pyridine rings is 2. The molecule has 0 spiro atoms. The van der Waals surface area contributed by atoms with Crippen LogP contribution in [-0.4, -0.2) is 89.3 Å². The highest BCUT2D eigenvalue weighted by atomic mass is 19.4. The first kappa shape index (κ1) is 38.5. The van der Waals surface area contributed by atoms with E-state index in [-0.39, 0.29) is 14.4 Å². The van der Waals surface area contributed by atoms with Gasteiger partial charge in [-0.15, -0.1) is 0 Å². The fourth-order valence-electron chi connectivity index (χ4n) is 6.01. The molecule has 1 atom stereocenters. The van der Waals surface area contributed by atoms with Gasteiger partial charge < -0.3 is 25.1 Å². The lowest BCUT2D eigenvalue weighted by Crippen LogP contribution is -2.51. The number of nitrogens with zero attached hydrogens (tertiary/aromatic N) is 8. The first-order chi connectivity index (χ1) is 26.2. The molecule has 1 aliphatic rings. The lowest BCUT2D eigenvalue weighted by atomic mass is 10.0. The molecule has 20 heteroatoms. The van der Waals surface area contributed by atoms with E-state index in [0.717, 1.165) is 35.4 Å². The molecule has 0 unspecified atom stereocenters. The highest BCUT2D eigenvalue weighted by Gasteiger charge is 2.34. The quantitative estimate of drug-likeness (QED) is 0.159. The van der Waals surface area contributed by atoms with Gasteiger partial charge in [0.15, 0.2) is 17.5 Å². The number of H-pyrrole nitrogens is 1. The smallest absolute Gasteiger partial charge is 0.347 e. The normalized spacial score (nSPS) is 14.8. The van der Waals surface area contributed by atoms with Gasteiger partial charge in [0.25, 0.3) is 0 Å². The summed E-state index contributed by atoms with van der Waals surface area (Å²) in [6.45, 7) is -2.29. The van der Waals surface area contributed by atoms with Gasteiger partial charge >= 0.3 is 12.4 Å². The predicted octanol–water partition coefficient (Wildman–Crippen LogP) is 5.94. The molecule has 6 aromatic heterocycles. The lowest BCUT2D eigenvalue weighted by Gasteiger charge is -2.35. The van der Waals surface area contributed by atoms with Gasteiger partial charge in [-0.2, -0.15) is 26.3 Å². The minimum Gasteiger partial charge on any atom is -0.347 e. The van der Waals surface area contributed by atoms with E-state index in [0.29, 0.717) is 41.5 Å². The van der Waals surface area contributed by atoms with Crippen molar-refractivity contribution in [1.82, 2.24) is 50.1 Å². The van der Waals surface area contributed by atoms with Crippen molar-refractivity contribution in [3.63, 3.8) is 0 Å². The van der Waals surface area contributed by atoms with Crippen molar-refractivity contribution in [2.24, 2.45) is 7.05 Å². The Hall–Kier alpha value is -6.21. The number of aryl methyl sites for hydroxylation is 1.